The highest BCUT2D eigenvalue weighted by molar-refractivity contribution is 6.39. The fourth-order valence-corrected chi connectivity index (χ4v) is 3.36. The number of nitrogens with one attached hydrogen (secondary N) is 2. The second-order valence-electron chi connectivity index (χ2n) is 6.96. The smallest absolute Gasteiger partial charge is 0.318 e. The minimum absolute atomic E-state index is 0.149. The molecule has 32 heavy (non-hydrogen) atoms. The van der Waals surface area contributed by atoms with Gasteiger partial charge in [0.1, 0.15) is 0 Å². The second kappa shape index (κ2) is 8.50. The first-order valence-electron chi connectivity index (χ1n) is 9.55. The van der Waals surface area contributed by atoms with Gasteiger partial charge in [0.15, 0.2) is 0 Å². The van der Waals surface area contributed by atoms with Gasteiger partial charge in [0.05, 0.1) is 11.8 Å². The van der Waals surface area contributed by atoms with Crippen molar-refractivity contribution in [2.75, 3.05) is 5.32 Å². The van der Waals surface area contributed by atoms with Crippen LogP contribution in [0.25, 0.3) is 21.5 Å². The SMILES string of the molecule is O=C(N/N=C/c1c2ccccc2cc2ccccc12)C(=O)Nc1cccc(C(F)(F)F)c1. The molecule has 2 N–H and O–H groups in total. The summed E-state index contributed by atoms with van der Waals surface area (Å²) in [6, 6.07) is 21.4. The van der Waals surface area contributed by atoms with Crippen LogP contribution in [0.2, 0.25) is 0 Å². The van der Waals surface area contributed by atoms with Gasteiger partial charge >= 0.3 is 18.0 Å². The van der Waals surface area contributed by atoms with Crippen LogP contribution < -0.4 is 10.7 Å². The molecule has 0 heterocycles. The van der Waals surface area contributed by atoms with E-state index >= 15 is 0 Å². The zero-order chi connectivity index (χ0) is 22.7. The maximum absolute atomic E-state index is 12.8. The lowest BCUT2D eigenvalue weighted by Gasteiger charge is -2.09. The first kappa shape index (κ1) is 21.0. The zero-order valence-corrected chi connectivity index (χ0v) is 16.5. The lowest BCUT2D eigenvalue weighted by Crippen LogP contribution is -2.32. The van der Waals surface area contributed by atoms with Crippen LogP contribution in [0.15, 0.2) is 84.0 Å². The molecule has 0 unspecified atom stereocenters. The van der Waals surface area contributed by atoms with E-state index < -0.39 is 23.6 Å². The van der Waals surface area contributed by atoms with Crippen LogP contribution in [0.3, 0.4) is 0 Å². The molecule has 4 rings (SSSR count). The molecule has 0 fully saturated rings. The topological polar surface area (TPSA) is 70.6 Å². The average molecular weight is 435 g/mol. The number of amides is 2. The monoisotopic (exact) mass is 435 g/mol. The number of fused-ring (bicyclic) bond motifs is 2. The minimum atomic E-state index is -4.56. The molecule has 4 aromatic carbocycles. The van der Waals surface area contributed by atoms with Crippen molar-refractivity contribution in [3.8, 4) is 0 Å². The van der Waals surface area contributed by atoms with Gasteiger partial charge in [0.2, 0.25) is 0 Å². The van der Waals surface area contributed by atoms with Crippen LogP contribution in [0.5, 0.6) is 0 Å². The van der Waals surface area contributed by atoms with E-state index in [1.807, 2.05) is 54.6 Å². The molecule has 0 aliphatic rings. The fraction of sp³-hybridized carbons (Fsp3) is 0.0417. The Labute approximate surface area is 180 Å². The van der Waals surface area contributed by atoms with E-state index in [4.69, 9.17) is 0 Å². The van der Waals surface area contributed by atoms with E-state index in [0.717, 1.165) is 45.3 Å². The number of rotatable bonds is 3. The number of carbonyl (C=O) groups is 2. The number of halogens is 3. The number of anilines is 1. The van der Waals surface area contributed by atoms with Crippen LogP contribution >= 0.6 is 0 Å². The summed E-state index contributed by atoms with van der Waals surface area (Å²) in [6.45, 7) is 0. The summed E-state index contributed by atoms with van der Waals surface area (Å²) in [4.78, 5) is 24.1. The number of nitrogens with zero attached hydrogens (tertiary/aromatic N) is 1. The third-order valence-electron chi connectivity index (χ3n) is 4.83. The van der Waals surface area contributed by atoms with Gasteiger partial charge in [-0.2, -0.15) is 18.3 Å². The van der Waals surface area contributed by atoms with Gasteiger partial charge in [0, 0.05) is 11.3 Å². The molecule has 0 atom stereocenters. The van der Waals surface area contributed by atoms with Crippen molar-refractivity contribution in [3.05, 3.63) is 90.0 Å². The summed E-state index contributed by atoms with van der Waals surface area (Å²) < 4.78 is 38.4. The fourth-order valence-electron chi connectivity index (χ4n) is 3.36. The van der Waals surface area contributed by atoms with Gasteiger partial charge < -0.3 is 5.32 Å². The van der Waals surface area contributed by atoms with Gasteiger partial charge in [-0.15, -0.1) is 0 Å². The number of hydrogen-bond acceptors (Lipinski definition) is 3. The summed E-state index contributed by atoms with van der Waals surface area (Å²) in [5.74, 6) is -2.24. The van der Waals surface area contributed by atoms with Gasteiger partial charge in [-0.05, 0) is 45.8 Å². The molecule has 0 aliphatic heterocycles. The molecule has 0 radical (unpaired) electrons. The molecule has 8 heteroatoms. The van der Waals surface area contributed by atoms with Crippen molar-refractivity contribution in [1.82, 2.24) is 5.43 Å². The average Bonchev–Trinajstić information content (AvgIpc) is 2.78. The Balaban J connectivity index is 1.52. The van der Waals surface area contributed by atoms with Gasteiger partial charge in [0.25, 0.3) is 0 Å². The van der Waals surface area contributed by atoms with Crippen LogP contribution in [0.1, 0.15) is 11.1 Å². The third-order valence-corrected chi connectivity index (χ3v) is 4.83. The highest BCUT2D eigenvalue weighted by Gasteiger charge is 2.30. The summed E-state index contributed by atoms with van der Waals surface area (Å²) in [7, 11) is 0. The molecule has 2 amide bonds. The molecule has 160 valence electrons. The Morgan fingerprint density at radius 1 is 0.781 bits per heavy atom. The Kier molecular flexibility index (Phi) is 5.59. The van der Waals surface area contributed by atoms with E-state index in [1.165, 1.54) is 12.3 Å². The second-order valence-corrected chi connectivity index (χ2v) is 6.96. The summed E-state index contributed by atoms with van der Waals surface area (Å²) in [5, 5.41) is 9.84. The normalized spacial score (nSPS) is 11.7. The number of hydrogen-bond donors (Lipinski definition) is 2. The standard InChI is InChI=1S/C24H16F3N3O2/c25-24(26,27)17-8-5-9-18(13-17)29-22(31)23(32)30-28-14-21-19-10-3-1-6-15(19)12-16-7-2-4-11-20(16)21/h1-14H,(H,29,31)(H,30,32)/b28-14+. The van der Waals surface area contributed by atoms with Crippen molar-refractivity contribution < 1.29 is 22.8 Å². The highest BCUT2D eigenvalue weighted by Crippen LogP contribution is 2.30. The van der Waals surface area contributed by atoms with E-state index in [-0.39, 0.29) is 5.69 Å². The number of carbonyl (C=O) groups excluding carboxylic acids is 2. The minimum Gasteiger partial charge on any atom is -0.318 e. The lowest BCUT2D eigenvalue weighted by molar-refractivity contribution is -0.137. The predicted molar refractivity (Wildman–Crippen MR) is 117 cm³/mol. The summed E-state index contributed by atoms with van der Waals surface area (Å²) >= 11 is 0. The van der Waals surface area contributed by atoms with Crippen molar-refractivity contribution in [2.45, 2.75) is 6.18 Å². The Hall–Kier alpha value is -4.20. The molecule has 0 spiro atoms. The van der Waals surface area contributed by atoms with E-state index in [1.54, 1.807) is 0 Å². The van der Waals surface area contributed by atoms with Gasteiger partial charge in [-0.3, -0.25) is 9.59 Å². The molecule has 0 saturated heterocycles. The number of alkyl halides is 3. The molecule has 0 bridgehead atoms. The molecule has 4 aromatic rings. The summed E-state index contributed by atoms with van der Waals surface area (Å²) in [6.07, 6.45) is -3.12. The maximum Gasteiger partial charge on any atom is 0.416 e. The molecule has 0 aliphatic carbocycles. The van der Waals surface area contributed by atoms with Crippen LogP contribution in [0, 0.1) is 0 Å². The molecular weight excluding hydrogens is 419 g/mol. The largest absolute Gasteiger partial charge is 0.416 e. The first-order valence-corrected chi connectivity index (χ1v) is 9.55. The Morgan fingerprint density at radius 2 is 1.41 bits per heavy atom. The van der Waals surface area contributed by atoms with Crippen LogP contribution in [0.4, 0.5) is 18.9 Å². The van der Waals surface area contributed by atoms with Gasteiger partial charge in [-0.1, -0.05) is 54.6 Å². The van der Waals surface area contributed by atoms with Crippen molar-refractivity contribution >= 4 is 45.3 Å². The summed E-state index contributed by atoms with van der Waals surface area (Å²) in [5.41, 5.74) is 1.80. The van der Waals surface area contributed by atoms with E-state index in [2.05, 4.69) is 15.8 Å². The third kappa shape index (κ3) is 4.44. The first-order chi connectivity index (χ1) is 15.3. The van der Waals surface area contributed by atoms with Crippen LogP contribution in [-0.2, 0) is 15.8 Å². The molecule has 0 aromatic heterocycles. The van der Waals surface area contributed by atoms with Crippen molar-refractivity contribution in [3.63, 3.8) is 0 Å². The molecular formula is C24H16F3N3O2. The number of benzene rings is 4. The lowest BCUT2D eigenvalue weighted by atomic mass is 9.97. The van der Waals surface area contributed by atoms with Crippen LogP contribution in [-0.4, -0.2) is 18.0 Å². The van der Waals surface area contributed by atoms with Crippen molar-refractivity contribution in [1.29, 1.82) is 0 Å². The molecule has 0 saturated carbocycles. The predicted octanol–water partition coefficient (Wildman–Crippen LogP) is 5.10. The Bertz CT molecular complexity index is 1310. The van der Waals surface area contributed by atoms with Gasteiger partial charge in [-0.25, -0.2) is 5.43 Å². The zero-order valence-electron chi connectivity index (χ0n) is 16.5. The number of hydrazone groups is 1. The molecule has 5 nitrogen and oxygen atoms in total. The van der Waals surface area contributed by atoms with E-state index in [9.17, 15) is 22.8 Å². The quantitative estimate of drug-likeness (QED) is 0.203. The van der Waals surface area contributed by atoms with Crippen molar-refractivity contribution in [2.24, 2.45) is 5.10 Å². The Morgan fingerprint density at radius 3 is 2.03 bits per heavy atom. The maximum atomic E-state index is 12.8. The van der Waals surface area contributed by atoms with E-state index in [0.29, 0.717) is 0 Å². The highest BCUT2D eigenvalue weighted by atomic mass is 19.4.